The summed E-state index contributed by atoms with van der Waals surface area (Å²) in [4.78, 5) is 0. The molecular formula is C26H36F3NO2. The molecule has 0 spiro atoms. The molecule has 6 heteroatoms. The number of hydrogen-bond acceptors (Lipinski definition) is 3. The zero-order chi connectivity index (χ0) is 23.2. The summed E-state index contributed by atoms with van der Waals surface area (Å²) in [6.07, 6.45) is 3.59. The van der Waals surface area contributed by atoms with Crippen molar-refractivity contribution >= 4 is 5.69 Å². The van der Waals surface area contributed by atoms with Crippen molar-refractivity contribution in [2.75, 3.05) is 26.1 Å². The smallest absolute Gasteiger partial charge is 0.389 e. The predicted octanol–water partition coefficient (Wildman–Crippen LogP) is 7.58. The minimum absolute atomic E-state index is 0.264. The van der Waals surface area contributed by atoms with Crippen molar-refractivity contribution in [1.29, 1.82) is 0 Å². The minimum Gasteiger partial charge on any atom is -0.493 e. The lowest BCUT2D eigenvalue weighted by atomic mass is 10.0. The van der Waals surface area contributed by atoms with Gasteiger partial charge in [0.25, 0.3) is 0 Å². The van der Waals surface area contributed by atoms with Crippen LogP contribution in [0.3, 0.4) is 0 Å². The molecule has 1 N–H and O–H groups in total. The quantitative estimate of drug-likeness (QED) is 0.283. The average molecular weight is 452 g/mol. The van der Waals surface area contributed by atoms with E-state index < -0.39 is 12.6 Å². The first-order valence-corrected chi connectivity index (χ1v) is 11.5. The van der Waals surface area contributed by atoms with E-state index in [-0.39, 0.29) is 6.42 Å². The van der Waals surface area contributed by atoms with Gasteiger partial charge in [0, 0.05) is 24.7 Å². The molecule has 0 heterocycles. The Hall–Kier alpha value is -2.37. The van der Waals surface area contributed by atoms with Gasteiger partial charge in [0.2, 0.25) is 0 Å². The third-order valence-corrected chi connectivity index (χ3v) is 5.58. The maximum absolute atomic E-state index is 12.1. The maximum atomic E-state index is 12.1. The maximum Gasteiger partial charge on any atom is 0.389 e. The Morgan fingerprint density at radius 3 is 1.84 bits per heavy atom. The van der Waals surface area contributed by atoms with Gasteiger partial charge in [0.05, 0.1) is 14.2 Å². The Morgan fingerprint density at radius 1 is 0.688 bits per heavy atom. The fourth-order valence-corrected chi connectivity index (χ4v) is 3.71. The Balaban J connectivity index is 1.57. The van der Waals surface area contributed by atoms with Gasteiger partial charge in [-0.1, -0.05) is 56.4 Å². The van der Waals surface area contributed by atoms with Crippen molar-refractivity contribution in [1.82, 2.24) is 0 Å². The van der Waals surface area contributed by atoms with E-state index in [9.17, 15) is 13.2 Å². The molecule has 2 aromatic carbocycles. The first-order chi connectivity index (χ1) is 15.4. The van der Waals surface area contributed by atoms with Crippen LogP contribution in [-0.4, -0.2) is 26.9 Å². The van der Waals surface area contributed by atoms with Crippen molar-refractivity contribution < 1.29 is 22.6 Å². The third-order valence-electron chi connectivity index (χ3n) is 5.58. The lowest BCUT2D eigenvalue weighted by Gasteiger charge is -2.11. The number of rotatable bonds is 15. The summed E-state index contributed by atoms with van der Waals surface area (Å²) in [7, 11) is 3.26. The average Bonchev–Trinajstić information content (AvgIpc) is 2.78. The second kappa shape index (κ2) is 13.9. The summed E-state index contributed by atoms with van der Waals surface area (Å²) in [5, 5.41) is 3.42. The second-order valence-corrected chi connectivity index (χ2v) is 8.15. The van der Waals surface area contributed by atoms with Crippen LogP contribution in [0.5, 0.6) is 11.5 Å². The number of halogens is 3. The highest BCUT2D eigenvalue weighted by atomic mass is 19.4. The molecule has 2 rings (SSSR count). The largest absolute Gasteiger partial charge is 0.493 e. The number of unbranched alkanes of at least 4 members (excludes halogenated alkanes) is 6. The van der Waals surface area contributed by atoms with Crippen LogP contribution in [0.15, 0.2) is 42.5 Å². The number of benzene rings is 2. The van der Waals surface area contributed by atoms with Gasteiger partial charge in [-0.25, -0.2) is 0 Å². The number of nitrogens with one attached hydrogen (secondary N) is 1. The summed E-state index contributed by atoms with van der Waals surface area (Å²) in [5.74, 6) is 1.43. The van der Waals surface area contributed by atoms with E-state index in [4.69, 9.17) is 9.47 Å². The van der Waals surface area contributed by atoms with Gasteiger partial charge in [-0.3, -0.25) is 0 Å². The van der Waals surface area contributed by atoms with Crippen LogP contribution in [0.1, 0.15) is 62.5 Å². The van der Waals surface area contributed by atoms with E-state index in [2.05, 4.69) is 29.6 Å². The van der Waals surface area contributed by atoms with Crippen LogP contribution in [0.25, 0.3) is 0 Å². The molecule has 0 atom stereocenters. The highest BCUT2D eigenvalue weighted by Gasteiger charge is 2.25. The van der Waals surface area contributed by atoms with Crippen molar-refractivity contribution in [3.8, 4) is 11.5 Å². The fraction of sp³-hybridized carbons (Fsp3) is 0.538. The van der Waals surface area contributed by atoms with E-state index >= 15 is 0 Å². The SMILES string of the molecule is COc1ccc(NCCc2ccc(CCCCCCCCCC(F)(F)F)cc2)cc1OC. The van der Waals surface area contributed by atoms with Crippen molar-refractivity contribution in [3.05, 3.63) is 53.6 Å². The van der Waals surface area contributed by atoms with Crippen molar-refractivity contribution in [2.45, 2.75) is 70.4 Å². The van der Waals surface area contributed by atoms with E-state index in [1.165, 1.54) is 11.1 Å². The highest BCUT2D eigenvalue weighted by Crippen LogP contribution is 2.29. The Bertz CT molecular complexity index is 776. The van der Waals surface area contributed by atoms with Crippen LogP contribution >= 0.6 is 0 Å². The summed E-state index contributed by atoms with van der Waals surface area (Å²) in [6, 6.07) is 14.6. The molecule has 0 radical (unpaired) electrons. The molecule has 0 unspecified atom stereocenters. The Labute approximate surface area is 190 Å². The number of methoxy groups -OCH3 is 2. The predicted molar refractivity (Wildman–Crippen MR) is 125 cm³/mol. The number of aryl methyl sites for hydroxylation is 1. The van der Waals surface area contributed by atoms with Crippen molar-refractivity contribution in [2.24, 2.45) is 0 Å². The van der Waals surface area contributed by atoms with Gasteiger partial charge in [-0.05, 0) is 48.9 Å². The highest BCUT2D eigenvalue weighted by molar-refractivity contribution is 5.54. The molecule has 32 heavy (non-hydrogen) atoms. The Morgan fingerprint density at radius 2 is 1.25 bits per heavy atom. The standard InChI is InChI=1S/C26H36F3NO2/c1-31-24-16-15-23(20-25(24)32-2)30-19-17-22-13-11-21(12-14-22)10-8-6-4-3-5-7-9-18-26(27,28)29/h11-16,20,30H,3-10,17-19H2,1-2H3. The molecule has 0 aliphatic rings. The molecule has 0 bridgehead atoms. The van der Waals surface area contributed by atoms with Crippen LogP contribution in [0.2, 0.25) is 0 Å². The molecule has 0 aliphatic carbocycles. The third kappa shape index (κ3) is 10.3. The van der Waals surface area contributed by atoms with Gasteiger partial charge in [0.1, 0.15) is 0 Å². The molecule has 0 saturated carbocycles. The first-order valence-electron chi connectivity index (χ1n) is 11.5. The molecule has 0 aliphatic heterocycles. The molecule has 0 aromatic heterocycles. The number of hydrogen-bond donors (Lipinski definition) is 1. The first kappa shape index (κ1) is 25.9. The van der Waals surface area contributed by atoms with Crippen LogP contribution in [0, 0.1) is 0 Å². The number of alkyl halides is 3. The molecule has 0 saturated heterocycles. The number of anilines is 1. The zero-order valence-corrected chi connectivity index (χ0v) is 19.3. The molecule has 3 nitrogen and oxygen atoms in total. The van der Waals surface area contributed by atoms with Crippen molar-refractivity contribution in [3.63, 3.8) is 0 Å². The monoisotopic (exact) mass is 451 g/mol. The second-order valence-electron chi connectivity index (χ2n) is 8.15. The molecule has 178 valence electrons. The Kier molecular flexibility index (Phi) is 11.3. The topological polar surface area (TPSA) is 30.5 Å². The zero-order valence-electron chi connectivity index (χ0n) is 19.3. The van der Waals surface area contributed by atoms with Gasteiger partial charge in [0.15, 0.2) is 11.5 Å². The van der Waals surface area contributed by atoms with E-state index in [0.717, 1.165) is 62.9 Å². The lowest BCUT2D eigenvalue weighted by molar-refractivity contribution is -0.135. The van der Waals surface area contributed by atoms with Gasteiger partial charge >= 0.3 is 6.18 Å². The van der Waals surface area contributed by atoms with Crippen LogP contribution in [-0.2, 0) is 12.8 Å². The van der Waals surface area contributed by atoms with E-state index in [1.807, 2.05) is 18.2 Å². The van der Waals surface area contributed by atoms with E-state index in [1.54, 1.807) is 14.2 Å². The summed E-state index contributed by atoms with van der Waals surface area (Å²) < 4.78 is 46.9. The van der Waals surface area contributed by atoms with Gasteiger partial charge in [-0.2, -0.15) is 13.2 Å². The molecule has 2 aromatic rings. The van der Waals surface area contributed by atoms with E-state index in [0.29, 0.717) is 12.2 Å². The lowest BCUT2D eigenvalue weighted by Crippen LogP contribution is -2.06. The van der Waals surface area contributed by atoms with Crippen LogP contribution in [0.4, 0.5) is 18.9 Å². The molecule has 0 fully saturated rings. The number of ether oxygens (including phenoxy) is 2. The summed E-state index contributed by atoms with van der Waals surface area (Å²) >= 11 is 0. The normalized spacial score (nSPS) is 11.4. The minimum atomic E-state index is -4.00. The van der Waals surface area contributed by atoms with Gasteiger partial charge in [-0.15, -0.1) is 0 Å². The summed E-state index contributed by atoms with van der Waals surface area (Å²) in [5.41, 5.74) is 3.63. The fourth-order valence-electron chi connectivity index (χ4n) is 3.71. The van der Waals surface area contributed by atoms with Crippen LogP contribution < -0.4 is 14.8 Å². The summed E-state index contributed by atoms with van der Waals surface area (Å²) in [6.45, 7) is 0.831. The molecule has 0 amide bonds. The van der Waals surface area contributed by atoms with Gasteiger partial charge < -0.3 is 14.8 Å². The molecular weight excluding hydrogens is 415 g/mol.